The zero-order chi connectivity index (χ0) is 13.8. The zero-order valence-corrected chi connectivity index (χ0v) is 14.4. The van der Waals surface area contributed by atoms with Gasteiger partial charge in [0.05, 0.1) is 39.0 Å². The van der Waals surface area contributed by atoms with E-state index < -0.39 is 0 Å². The van der Waals surface area contributed by atoms with Gasteiger partial charge in [0.1, 0.15) is 0 Å². The second-order valence-corrected chi connectivity index (χ2v) is 7.21. The van der Waals surface area contributed by atoms with E-state index in [1.54, 1.807) is 24.6 Å². The number of halogens is 2. The van der Waals surface area contributed by atoms with Crippen molar-refractivity contribution in [1.29, 1.82) is 0 Å². The Morgan fingerprint density at radius 2 is 2.42 bits per heavy atom. The van der Waals surface area contributed by atoms with Gasteiger partial charge in [0, 0.05) is 7.11 Å². The molecule has 1 unspecified atom stereocenters. The maximum absolute atomic E-state index is 6.29. The minimum atomic E-state index is 0.0478. The quantitative estimate of drug-likeness (QED) is 0.742. The van der Waals surface area contributed by atoms with Crippen LogP contribution in [0.2, 0.25) is 5.02 Å². The van der Waals surface area contributed by atoms with Crippen LogP contribution in [0.15, 0.2) is 17.6 Å². The average Bonchev–Trinajstić information content (AvgIpc) is 2.97. The molecule has 1 N–H and O–H groups in total. The minimum absolute atomic E-state index is 0.0478. The molecular formula is C12H15ClIN3OS. The van der Waals surface area contributed by atoms with Gasteiger partial charge in [-0.15, -0.1) is 11.3 Å². The molecule has 0 aromatic carbocycles. The molecule has 0 radical (unpaired) electrons. The normalized spacial score (nSPS) is 12.8. The highest BCUT2D eigenvalue weighted by molar-refractivity contribution is 14.1. The van der Waals surface area contributed by atoms with Gasteiger partial charge in [-0.1, -0.05) is 11.6 Å². The average molecular weight is 412 g/mol. The van der Waals surface area contributed by atoms with E-state index in [0.29, 0.717) is 18.2 Å². The van der Waals surface area contributed by atoms with Crippen molar-refractivity contribution in [1.82, 2.24) is 15.1 Å². The Morgan fingerprint density at radius 3 is 3.00 bits per heavy atom. The van der Waals surface area contributed by atoms with Crippen LogP contribution in [-0.2, 0) is 11.3 Å². The molecule has 0 spiro atoms. The lowest BCUT2D eigenvalue weighted by Gasteiger charge is -2.17. The molecule has 0 saturated heterocycles. The van der Waals surface area contributed by atoms with E-state index in [2.05, 4.69) is 44.5 Å². The Morgan fingerprint density at radius 1 is 1.63 bits per heavy atom. The van der Waals surface area contributed by atoms with E-state index in [4.69, 9.17) is 16.3 Å². The van der Waals surface area contributed by atoms with Crippen LogP contribution >= 0.6 is 45.5 Å². The van der Waals surface area contributed by atoms with Gasteiger partial charge in [0.25, 0.3) is 0 Å². The molecule has 2 heterocycles. The first-order valence-corrected chi connectivity index (χ1v) is 8.12. The van der Waals surface area contributed by atoms with E-state index in [-0.39, 0.29) is 6.04 Å². The van der Waals surface area contributed by atoms with Crippen LogP contribution < -0.4 is 5.32 Å². The summed E-state index contributed by atoms with van der Waals surface area (Å²) in [6.45, 7) is 1.31. The van der Waals surface area contributed by atoms with Gasteiger partial charge >= 0.3 is 0 Å². The Kier molecular flexibility index (Phi) is 5.64. The van der Waals surface area contributed by atoms with Crippen LogP contribution in [0.1, 0.15) is 17.3 Å². The zero-order valence-electron chi connectivity index (χ0n) is 10.7. The molecule has 2 aromatic heterocycles. The first-order chi connectivity index (χ1) is 9.17. The fourth-order valence-corrected chi connectivity index (χ4v) is 3.60. The number of rotatable bonds is 6. The second-order valence-electron chi connectivity index (χ2n) is 4.00. The van der Waals surface area contributed by atoms with Crippen LogP contribution in [0.25, 0.3) is 0 Å². The Balaban J connectivity index is 2.34. The van der Waals surface area contributed by atoms with Crippen LogP contribution in [-0.4, -0.2) is 30.5 Å². The molecule has 2 aromatic rings. The topological polar surface area (TPSA) is 39.1 Å². The molecule has 1 atom stereocenters. The van der Waals surface area contributed by atoms with Crippen molar-refractivity contribution in [3.63, 3.8) is 0 Å². The van der Waals surface area contributed by atoms with E-state index in [1.165, 1.54) is 8.45 Å². The summed E-state index contributed by atoms with van der Waals surface area (Å²) in [6.07, 6.45) is 1.69. The highest BCUT2D eigenvalue weighted by Gasteiger charge is 2.21. The van der Waals surface area contributed by atoms with Crippen molar-refractivity contribution in [3.8, 4) is 0 Å². The molecule has 0 aliphatic heterocycles. The number of methoxy groups -OCH3 is 1. The lowest BCUT2D eigenvalue weighted by Crippen LogP contribution is -2.22. The number of ether oxygens (including phenoxy) is 1. The molecule has 0 bridgehead atoms. The van der Waals surface area contributed by atoms with Crippen molar-refractivity contribution in [2.45, 2.75) is 12.6 Å². The first-order valence-electron chi connectivity index (χ1n) is 5.78. The molecule has 19 heavy (non-hydrogen) atoms. The maximum atomic E-state index is 6.29. The van der Waals surface area contributed by atoms with Gasteiger partial charge < -0.3 is 10.1 Å². The van der Waals surface area contributed by atoms with Crippen molar-refractivity contribution < 1.29 is 4.74 Å². The van der Waals surface area contributed by atoms with Crippen LogP contribution in [0.4, 0.5) is 0 Å². The third-order valence-electron chi connectivity index (χ3n) is 2.82. The predicted molar refractivity (Wildman–Crippen MR) is 87.1 cm³/mol. The van der Waals surface area contributed by atoms with Crippen LogP contribution in [0.5, 0.6) is 0 Å². The molecule has 0 amide bonds. The van der Waals surface area contributed by atoms with Crippen LogP contribution in [0.3, 0.4) is 0 Å². The molecule has 7 heteroatoms. The maximum Gasteiger partial charge on any atom is 0.0837 e. The molecule has 0 aliphatic rings. The number of thiophene rings is 1. The van der Waals surface area contributed by atoms with Crippen molar-refractivity contribution >= 4 is 45.5 Å². The van der Waals surface area contributed by atoms with Gasteiger partial charge in [-0.3, -0.25) is 4.68 Å². The SMILES string of the molecule is CNC(c1csc(I)c1)c1c(Cl)cnn1CCOC. The summed E-state index contributed by atoms with van der Waals surface area (Å²) < 4.78 is 8.27. The third kappa shape index (κ3) is 3.49. The molecule has 0 saturated carbocycles. The first kappa shape index (κ1) is 15.2. The van der Waals surface area contributed by atoms with Gasteiger partial charge in [0.15, 0.2) is 0 Å². The Bertz CT molecular complexity index is 543. The highest BCUT2D eigenvalue weighted by Crippen LogP contribution is 2.31. The predicted octanol–water partition coefficient (Wildman–Crippen LogP) is 3.16. The van der Waals surface area contributed by atoms with E-state index in [1.807, 2.05) is 11.7 Å². The van der Waals surface area contributed by atoms with Gasteiger partial charge in [-0.2, -0.15) is 5.10 Å². The number of nitrogens with zero attached hydrogens (tertiary/aromatic N) is 2. The third-order valence-corrected chi connectivity index (χ3v) is 4.92. The summed E-state index contributed by atoms with van der Waals surface area (Å²) in [5.41, 5.74) is 2.19. The van der Waals surface area contributed by atoms with Crippen molar-refractivity contribution in [2.24, 2.45) is 0 Å². The summed E-state index contributed by atoms with van der Waals surface area (Å²) in [5.74, 6) is 0. The molecule has 2 rings (SSSR count). The summed E-state index contributed by atoms with van der Waals surface area (Å²) in [7, 11) is 3.61. The lowest BCUT2D eigenvalue weighted by atomic mass is 10.1. The summed E-state index contributed by atoms with van der Waals surface area (Å²) in [6, 6.07) is 2.21. The summed E-state index contributed by atoms with van der Waals surface area (Å²) in [5, 5.41) is 10.5. The fraction of sp³-hybridized carbons (Fsp3) is 0.417. The molecule has 4 nitrogen and oxygen atoms in total. The van der Waals surface area contributed by atoms with Gasteiger partial charge in [-0.25, -0.2) is 0 Å². The second kappa shape index (κ2) is 7.03. The highest BCUT2D eigenvalue weighted by atomic mass is 127. The Hall–Kier alpha value is -0.150. The molecule has 0 aliphatic carbocycles. The molecule has 104 valence electrons. The lowest BCUT2D eigenvalue weighted by molar-refractivity contribution is 0.182. The summed E-state index contributed by atoms with van der Waals surface area (Å²) in [4.78, 5) is 0. The largest absolute Gasteiger partial charge is 0.383 e. The minimum Gasteiger partial charge on any atom is -0.383 e. The fourth-order valence-electron chi connectivity index (χ4n) is 1.95. The molecule has 0 fully saturated rings. The summed E-state index contributed by atoms with van der Waals surface area (Å²) >= 11 is 10.3. The molecular weight excluding hydrogens is 397 g/mol. The number of nitrogens with one attached hydrogen (secondary N) is 1. The van der Waals surface area contributed by atoms with Crippen LogP contribution in [0, 0.1) is 2.88 Å². The van der Waals surface area contributed by atoms with E-state index in [0.717, 1.165) is 5.69 Å². The monoisotopic (exact) mass is 411 g/mol. The number of hydrogen-bond donors (Lipinski definition) is 1. The number of hydrogen-bond acceptors (Lipinski definition) is 4. The van der Waals surface area contributed by atoms with Gasteiger partial charge in [-0.05, 0) is 46.6 Å². The van der Waals surface area contributed by atoms with Crippen molar-refractivity contribution in [3.05, 3.63) is 36.8 Å². The van der Waals surface area contributed by atoms with E-state index >= 15 is 0 Å². The van der Waals surface area contributed by atoms with Crippen molar-refractivity contribution in [2.75, 3.05) is 20.8 Å². The Labute approximate surface area is 135 Å². The van der Waals surface area contributed by atoms with E-state index in [9.17, 15) is 0 Å². The standard InChI is InChI=1S/C12H15ClIN3OS/c1-15-11(8-5-10(14)19-7-8)12-9(13)6-16-17(12)3-4-18-2/h5-7,11,15H,3-4H2,1-2H3. The van der Waals surface area contributed by atoms with Gasteiger partial charge in [0.2, 0.25) is 0 Å². The number of aromatic nitrogens is 2. The smallest absolute Gasteiger partial charge is 0.0837 e.